The lowest BCUT2D eigenvalue weighted by Crippen LogP contribution is -1.95. The molecule has 0 bridgehead atoms. The first-order chi connectivity index (χ1) is 14.0. The van der Waals surface area contributed by atoms with Gasteiger partial charge in [-0.25, -0.2) is 14.4 Å². The van der Waals surface area contributed by atoms with Crippen LogP contribution in [-0.4, -0.2) is 19.9 Å². The van der Waals surface area contributed by atoms with Crippen LogP contribution in [0.15, 0.2) is 60.8 Å². The van der Waals surface area contributed by atoms with Gasteiger partial charge in [0.25, 0.3) is 0 Å². The van der Waals surface area contributed by atoms with Crippen LogP contribution in [0, 0.1) is 12.7 Å². The quantitative estimate of drug-likeness (QED) is 0.462. The number of benzene rings is 2. The van der Waals surface area contributed by atoms with Gasteiger partial charge in [0, 0.05) is 17.7 Å². The first-order valence-corrected chi connectivity index (χ1v) is 9.43. The van der Waals surface area contributed by atoms with E-state index in [0.717, 1.165) is 22.6 Å². The summed E-state index contributed by atoms with van der Waals surface area (Å²) < 4.78 is 19.2. The number of hydrogen-bond acceptors (Lipinski definition) is 4. The minimum absolute atomic E-state index is 0.202. The summed E-state index contributed by atoms with van der Waals surface area (Å²) >= 11 is 0. The molecule has 0 spiro atoms. The Kier molecular flexibility index (Phi) is 5.08. The molecule has 2 aromatic heterocycles. The standard InChI is InChI=1S/C23H21FN4O/c1-14(2)22-27-20(16-6-8-17(24)9-7-16)21(28-22)19-12-13-25-23(26-19)29-18-10-4-15(3)5-11-18/h4-14H,1-3H3,(H,27,28). The summed E-state index contributed by atoms with van der Waals surface area (Å²) in [7, 11) is 0. The van der Waals surface area contributed by atoms with Gasteiger partial charge in [-0.2, -0.15) is 4.98 Å². The second kappa shape index (κ2) is 7.83. The number of aromatic nitrogens is 4. The minimum Gasteiger partial charge on any atom is -0.424 e. The highest BCUT2D eigenvalue weighted by Gasteiger charge is 2.18. The molecule has 2 aromatic carbocycles. The molecule has 6 heteroatoms. The summed E-state index contributed by atoms with van der Waals surface area (Å²) in [6, 6.07) is 16.0. The van der Waals surface area contributed by atoms with Crippen molar-refractivity contribution >= 4 is 0 Å². The van der Waals surface area contributed by atoms with Crippen molar-refractivity contribution in [1.29, 1.82) is 0 Å². The Morgan fingerprint density at radius 1 is 0.931 bits per heavy atom. The molecule has 0 aliphatic carbocycles. The average molecular weight is 388 g/mol. The third kappa shape index (κ3) is 4.16. The van der Waals surface area contributed by atoms with Crippen LogP contribution in [0.4, 0.5) is 4.39 Å². The lowest BCUT2D eigenvalue weighted by molar-refractivity contribution is 0.442. The smallest absolute Gasteiger partial charge is 0.322 e. The number of imidazole rings is 1. The highest BCUT2D eigenvalue weighted by Crippen LogP contribution is 2.32. The van der Waals surface area contributed by atoms with Crippen LogP contribution in [0.1, 0.15) is 31.2 Å². The van der Waals surface area contributed by atoms with Gasteiger partial charge < -0.3 is 9.72 Å². The molecule has 4 aromatic rings. The van der Waals surface area contributed by atoms with Crippen molar-refractivity contribution in [3.63, 3.8) is 0 Å². The summed E-state index contributed by atoms with van der Waals surface area (Å²) in [6.45, 7) is 6.13. The fourth-order valence-corrected chi connectivity index (χ4v) is 2.91. The van der Waals surface area contributed by atoms with Crippen LogP contribution in [-0.2, 0) is 0 Å². The topological polar surface area (TPSA) is 63.7 Å². The number of aryl methyl sites for hydroxylation is 1. The maximum absolute atomic E-state index is 13.4. The molecule has 2 heterocycles. The number of aromatic amines is 1. The van der Waals surface area contributed by atoms with E-state index in [1.807, 2.05) is 31.2 Å². The molecule has 29 heavy (non-hydrogen) atoms. The van der Waals surface area contributed by atoms with Gasteiger partial charge in [0.2, 0.25) is 0 Å². The van der Waals surface area contributed by atoms with Gasteiger partial charge in [0.1, 0.15) is 17.4 Å². The molecular formula is C23H21FN4O. The Bertz CT molecular complexity index is 1120. The average Bonchev–Trinajstić information content (AvgIpc) is 3.16. The van der Waals surface area contributed by atoms with E-state index in [-0.39, 0.29) is 17.7 Å². The summed E-state index contributed by atoms with van der Waals surface area (Å²) in [5.74, 6) is 1.41. The highest BCUT2D eigenvalue weighted by molar-refractivity contribution is 5.76. The number of ether oxygens (including phenoxy) is 1. The first-order valence-electron chi connectivity index (χ1n) is 9.43. The number of halogens is 1. The van der Waals surface area contributed by atoms with Crippen LogP contribution in [0.2, 0.25) is 0 Å². The van der Waals surface area contributed by atoms with E-state index < -0.39 is 0 Å². The second-order valence-corrected chi connectivity index (χ2v) is 7.15. The van der Waals surface area contributed by atoms with E-state index in [4.69, 9.17) is 9.72 Å². The maximum atomic E-state index is 13.4. The van der Waals surface area contributed by atoms with Crippen LogP contribution in [0.25, 0.3) is 22.6 Å². The molecule has 0 atom stereocenters. The van der Waals surface area contributed by atoms with E-state index in [1.165, 1.54) is 12.1 Å². The zero-order valence-electron chi connectivity index (χ0n) is 16.5. The molecule has 5 nitrogen and oxygen atoms in total. The normalized spacial score (nSPS) is 11.1. The number of hydrogen-bond donors (Lipinski definition) is 1. The van der Waals surface area contributed by atoms with Gasteiger partial charge in [-0.1, -0.05) is 31.5 Å². The van der Waals surface area contributed by atoms with Crippen molar-refractivity contribution in [2.24, 2.45) is 0 Å². The second-order valence-electron chi connectivity index (χ2n) is 7.15. The Hall–Kier alpha value is -3.54. The maximum Gasteiger partial charge on any atom is 0.322 e. The number of H-pyrrole nitrogens is 1. The number of nitrogens with zero attached hydrogens (tertiary/aromatic N) is 3. The Balaban J connectivity index is 1.74. The molecule has 0 unspecified atom stereocenters. The third-order valence-corrected chi connectivity index (χ3v) is 4.51. The van der Waals surface area contributed by atoms with Crippen LogP contribution < -0.4 is 4.74 Å². The van der Waals surface area contributed by atoms with Crippen LogP contribution >= 0.6 is 0 Å². The molecule has 0 fully saturated rings. The lowest BCUT2D eigenvalue weighted by atomic mass is 10.1. The van der Waals surface area contributed by atoms with Gasteiger partial charge in [-0.3, -0.25) is 0 Å². The zero-order chi connectivity index (χ0) is 20.4. The largest absolute Gasteiger partial charge is 0.424 e. The molecule has 4 rings (SSSR count). The predicted octanol–water partition coefficient (Wildman–Crippen LogP) is 5.90. The molecule has 0 aliphatic heterocycles. The SMILES string of the molecule is Cc1ccc(Oc2nccc(-c3[nH]c(C(C)C)nc3-c3ccc(F)cc3)n2)cc1. The van der Waals surface area contributed by atoms with Gasteiger partial charge in [-0.15, -0.1) is 0 Å². The molecule has 1 N–H and O–H groups in total. The fourth-order valence-electron chi connectivity index (χ4n) is 2.91. The number of nitrogens with one attached hydrogen (secondary N) is 1. The Labute approximate surface area is 168 Å². The van der Waals surface area contributed by atoms with Crippen molar-refractivity contribution in [2.75, 3.05) is 0 Å². The summed E-state index contributed by atoms with van der Waals surface area (Å²) in [6.07, 6.45) is 1.65. The fraction of sp³-hybridized carbons (Fsp3) is 0.174. The molecule has 0 amide bonds. The van der Waals surface area contributed by atoms with Gasteiger partial charge >= 0.3 is 6.01 Å². The van der Waals surface area contributed by atoms with E-state index >= 15 is 0 Å². The van der Waals surface area contributed by atoms with Crippen molar-refractivity contribution in [1.82, 2.24) is 19.9 Å². The van der Waals surface area contributed by atoms with E-state index in [9.17, 15) is 4.39 Å². The lowest BCUT2D eigenvalue weighted by Gasteiger charge is -2.06. The van der Waals surface area contributed by atoms with Gasteiger partial charge in [-0.05, 0) is 49.4 Å². The number of rotatable bonds is 5. The molecule has 0 saturated heterocycles. The minimum atomic E-state index is -0.286. The highest BCUT2D eigenvalue weighted by atomic mass is 19.1. The van der Waals surface area contributed by atoms with Crippen LogP contribution in [0.5, 0.6) is 11.8 Å². The first kappa shape index (κ1) is 18.8. The van der Waals surface area contributed by atoms with Crippen molar-refractivity contribution in [2.45, 2.75) is 26.7 Å². The van der Waals surface area contributed by atoms with E-state index in [0.29, 0.717) is 17.1 Å². The van der Waals surface area contributed by atoms with Crippen molar-refractivity contribution in [3.05, 3.63) is 78.0 Å². The molecular weight excluding hydrogens is 367 g/mol. The van der Waals surface area contributed by atoms with Crippen molar-refractivity contribution in [3.8, 4) is 34.4 Å². The van der Waals surface area contributed by atoms with Crippen molar-refractivity contribution < 1.29 is 9.13 Å². The molecule has 0 radical (unpaired) electrons. The Morgan fingerprint density at radius 2 is 1.66 bits per heavy atom. The van der Waals surface area contributed by atoms with E-state index in [2.05, 4.69) is 28.8 Å². The van der Waals surface area contributed by atoms with Gasteiger partial charge in [0.05, 0.1) is 17.1 Å². The summed E-state index contributed by atoms with van der Waals surface area (Å²) in [5, 5.41) is 0. The monoisotopic (exact) mass is 388 g/mol. The third-order valence-electron chi connectivity index (χ3n) is 4.51. The summed E-state index contributed by atoms with van der Waals surface area (Å²) in [4.78, 5) is 16.9. The zero-order valence-corrected chi connectivity index (χ0v) is 16.5. The summed E-state index contributed by atoms with van der Waals surface area (Å²) in [5.41, 5.74) is 4.07. The Morgan fingerprint density at radius 3 is 2.34 bits per heavy atom. The van der Waals surface area contributed by atoms with E-state index in [1.54, 1.807) is 24.4 Å². The van der Waals surface area contributed by atoms with Crippen LogP contribution in [0.3, 0.4) is 0 Å². The predicted molar refractivity (Wildman–Crippen MR) is 110 cm³/mol. The molecule has 0 saturated carbocycles. The van der Waals surface area contributed by atoms with Gasteiger partial charge in [0.15, 0.2) is 0 Å². The molecule has 0 aliphatic rings. The molecule has 146 valence electrons.